The fraction of sp³-hybridized carbons (Fsp3) is 0.143. The average Bonchev–Trinajstić information content (AvgIpc) is 2.38. The molecule has 2 rings (SSSR count). The lowest BCUT2D eigenvalue weighted by molar-refractivity contribution is 0.464. The molecular formula is C14H12BrClFNO. The van der Waals surface area contributed by atoms with Gasteiger partial charge in [0, 0.05) is 28.7 Å². The zero-order chi connectivity index (χ0) is 13.8. The molecule has 0 atom stereocenters. The fourth-order valence-corrected chi connectivity index (χ4v) is 2.32. The first-order chi connectivity index (χ1) is 9.08. The molecule has 2 N–H and O–H groups in total. The second-order valence-electron chi connectivity index (χ2n) is 4.09. The Labute approximate surface area is 124 Å². The van der Waals surface area contributed by atoms with Crippen molar-refractivity contribution in [3.05, 3.63) is 62.8 Å². The van der Waals surface area contributed by atoms with Gasteiger partial charge >= 0.3 is 0 Å². The summed E-state index contributed by atoms with van der Waals surface area (Å²) in [5.74, 6) is -0.197. The summed E-state index contributed by atoms with van der Waals surface area (Å²) in [5, 5.41) is 13.1. The zero-order valence-corrected chi connectivity index (χ0v) is 12.3. The molecule has 0 aliphatic carbocycles. The van der Waals surface area contributed by atoms with Crippen molar-refractivity contribution in [2.75, 3.05) is 0 Å². The quantitative estimate of drug-likeness (QED) is 0.869. The highest BCUT2D eigenvalue weighted by molar-refractivity contribution is 9.10. The summed E-state index contributed by atoms with van der Waals surface area (Å²) in [4.78, 5) is 0. The van der Waals surface area contributed by atoms with Gasteiger partial charge in [-0.2, -0.15) is 0 Å². The Morgan fingerprint density at radius 2 is 1.89 bits per heavy atom. The van der Waals surface area contributed by atoms with Crippen LogP contribution < -0.4 is 5.32 Å². The Balaban J connectivity index is 2.00. The van der Waals surface area contributed by atoms with E-state index in [0.29, 0.717) is 29.2 Å². The number of halogens is 3. The molecule has 0 amide bonds. The summed E-state index contributed by atoms with van der Waals surface area (Å²) in [6.45, 7) is 0.787. The molecule has 0 bridgehead atoms. The van der Waals surface area contributed by atoms with E-state index in [1.54, 1.807) is 30.3 Å². The van der Waals surface area contributed by atoms with Crippen LogP contribution in [0.1, 0.15) is 11.1 Å². The minimum absolute atomic E-state index is 0.0615. The predicted molar refractivity (Wildman–Crippen MR) is 77.8 cm³/mol. The number of aromatic hydroxyl groups is 1. The molecule has 0 radical (unpaired) electrons. The van der Waals surface area contributed by atoms with Gasteiger partial charge < -0.3 is 10.4 Å². The van der Waals surface area contributed by atoms with E-state index in [2.05, 4.69) is 21.2 Å². The summed E-state index contributed by atoms with van der Waals surface area (Å²) in [6.07, 6.45) is 0. The van der Waals surface area contributed by atoms with Crippen LogP contribution in [0, 0.1) is 5.82 Å². The second-order valence-corrected chi connectivity index (χ2v) is 5.41. The van der Waals surface area contributed by atoms with Crippen molar-refractivity contribution < 1.29 is 9.50 Å². The van der Waals surface area contributed by atoms with Crippen molar-refractivity contribution in [3.8, 4) is 5.75 Å². The number of hydrogen-bond donors (Lipinski definition) is 2. The van der Waals surface area contributed by atoms with Crippen LogP contribution in [0.4, 0.5) is 4.39 Å². The Hall–Kier alpha value is -1.10. The second kappa shape index (κ2) is 6.37. The maximum absolute atomic E-state index is 13.5. The van der Waals surface area contributed by atoms with Gasteiger partial charge in [-0.05, 0) is 24.3 Å². The molecule has 0 aliphatic heterocycles. The van der Waals surface area contributed by atoms with Gasteiger partial charge in [0.15, 0.2) is 0 Å². The first-order valence-corrected chi connectivity index (χ1v) is 6.86. The maximum atomic E-state index is 13.5. The lowest BCUT2D eigenvalue weighted by Crippen LogP contribution is -2.13. The van der Waals surface area contributed by atoms with Crippen LogP contribution in [0.5, 0.6) is 5.75 Å². The molecule has 0 aliphatic rings. The van der Waals surface area contributed by atoms with Gasteiger partial charge in [-0.3, -0.25) is 0 Å². The Morgan fingerprint density at radius 1 is 1.16 bits per heavy atom. The summed E-state index contributed by atoms with van der Waals surface area (Å²) in [6, 6.07) is 9.94. The highest BCUT2D eigenvalue weighted by Crippen LogP contribution is 2.26. The molecule has 0 fully saturated rings. The largest absolute Gasteiger partial charge is 0.506 e. The van der Waals surface area contributed by atoms with Crippen LogP contribution in [-0.2, 0) is 13.1 Å². The van der Waals surface area contributed by atoms with Gasteiger partial charge in [0.05, 0.1) is 5.02 Å². The first kappa shape index (κ1) is 14.3. The molecule has 0 saturated heterocycles. The number of benzene rings is 2. The van der Waals surface area contributed by atoms with Crippen LogP contribution in [0.25, 0.3) is 0 Å². The van der Waals surface area contributed by atoms with Crippen LogP contribution in [0.2, 0.25) is 5.02 Å². The van der Waals surface area contributed by atoms with Crippen LogP contribution >= 0.6 is 27.5 Å². The summed E-state index contributed by atoms with van der Waals surface area (Å²) in [5.41, 5.74) is 1.25. The third kappa shape index (κ3) is 3.69. The predicted octanol–water partition coefficient (Wildman–Crippen LogP) is 4.24. The molecule has 100 valence electrons. The standard InChI is InChI=1S/C14H12BrClFNO/c15-11-4-5-13(17)10(6-11)8-18-7-9-2-1-3-12(16)14(9)19/h1-6,18-19H,7-8H2. The first-order valence-electron chi connectivity index (χ1n) is 5.69. The molecule has 0 aromatic heterocycles. The molecule has 2 aromatic rings. The molecular weight excluding hydrogens is 333 g/mol. The SMILES string of the molecule is Oc1c(Cl)cccc1CNCc1cc(Br)ccc1F. The van der Waals surface area contributed by atoms with Gasteiger partial charge in [-0.25, -0.2) is 4.39 Å². The van der Waals surface area contributed by atoms with Crippen molar-refractivity contribution >= 4 is 27.5 Å². The van der Waals surface area contributed by atoms with Crippen molar-refractivity contribution in [1.82, 2.24) is 5.32 Å². The normalized spacial score (nSPS) is 10.7. The van der Waals surface area contributed by atoms with E-state index in [0.717, 1.165) is 4.47 Å². The van der Waals surface area contributed by atoms with Gasteiger partial charge in [-0.1, -0.05) is 39.7 Å². The minimum Gasteiger partial charge on any atom is -0.506 e. The maximum Gasteiger partial charge on any atom is 0.138 e. The van der Waals surface area contributed by atoms with E-state index in [1.807, 2.05) is 0 Å². The summed E-state index contributed by atoms with van der Waals surface area (Å²) >= 11 is 9.11. The van der Waals surface area contributed by atoms with Gasteiger partial charge in [0.2, 0.25) is 0 Å². The Bertz CT molecular complexity index is 590. The van der Waals surface area contributed by atoms with Crippen LogP contribution in [0.3, 0.4) is 0 Å². The lowest BCUT2D eigenvalue weighted by Gasteiger charge is -2.09. The minimum atomic E-state index is -0.258. The van der Waals surface area contributed by atoms with E-state index in [1.165, 1.54) is 6.07 Å². The molecule has 0 unspecified atom stereocenters. The molecule has 5 heteroatoms. The van der Waals surface area contributed by atoms with Crippen LogP contribution in [-0.4, -0.2) is 5.11 Å². The van der Waals surface area contributed by atoms with Gasteiger partial charge in [-0.15, -0.1) is 0 Å². The molecule has 2 aromatic carbocycles. The number of nitrogens with one attached hydrogen (secondary N) is 1. The van der Waals surface area contributed by atoms with Crippen LogP contribution in [0.15, 0.2) is 40.9 Å². The number of phenols is 1. The highest BCUT2D eigenvalue weighted by Gasteiger charge is 2.06. The van der Waals surface area contributed by atoms with Crippen molar-refractivity contribution in [1.29, 1.82) is 0 Å². The van der Waals surface area contributed by atoms with E-state index >= 15 is 0 Å². The van der Waals surface area contributed by atoms with Gasteiger partial charge in [0.25, 0.3) is 0 Å². The van der Waals surface area contributed by atoms with E-state index in [-0.39, 0.29) is 11.6 Å². The fourth-order valence-electron chi connectivity index (χ4n) is 1.71. The monoisotopic (exact) mass is 343 g/mol. The highest BCUT2D eigenvalue weighted by atomic mass is 79.9. The smallest absolute Gasteiger partial charge is 0.138 e. The van der Waals surface area contributed by atoms with E-state index < -0.39 is 0 Å². The summed E-state index contributed by atoms with van der Waals surface area (Å²) in [7, 11) is 0. The summed E-state index contributed by atoms with van der Waals surface area (Å²) < 4.78 is 14.3. The van der Waals surface area contributed by atoms with Crippen molar-refractivity contribution in [2.24, 2.45) is 0 Å². The molecule has 2 nitrogen and oxygen atoms in total. The number of phenolic OH excluding ortho intramolecular Hbond substituents is 1. The van der Waals surface area contributed by atoms with E-state index in [4.69, 9.17) is 11.6 Å². The third-order valence-electron chi connectivity index (χ3n) is 2.71. The number of rotatable bonds is 4. The van der Waals surface area contributed by atoms with Crippen molar-refractivity contribution in [2.45, 2.75) is 13.1 Å². The molecule has 19 heavy (non-hydrogen) atoms. The van der Waals surface area contributed by atoms with Gasteiger partial charge in [0.1, 0.15) is 11.6 Å². The molecule has 0 saturated carbocycles. The topological polar surface area (TPSA) is 32.3 Å². The zero-order valence-electron chi connectivity index (χ0n) is 9.96. The number of hydrogen-bond acceptors (Lipinski definition) is 2. The Morgan fingerprint density at radius 3 is 2.68 bits per heavy atom. The molecule has 0 heterocycles. The molecule has 0 spiro atoms. The number of para-hydroxylation sites is 1. The van der Waals surface area contributed by atoms with E-state index in [9.17, 15) is 9.50 Å². The third-order valence-corrected chi connectivity index (χ3v) is 3.51. The average molecular weight is 345 g/mol. The lowest BCUT2D eigenvalue weighted by atomic mass is 10.2. The van der Waals surface area contributed by atoms with Crippen molar-refractivity contribution in [3.63, 3.8) is 0 Å². The Kier molecular flexibility index (Phi) is 4.80.